The summed E-state index contributed by atoms with van der Waals surface area (Å²) in [4.78, 5) is 0. The SMILES string of the molecule is CCNC(Cc1cc(C)nn1CC)C1CCCCC1(C)C. The molecule has 120 valence electrons. The summed E-state index contributed by atoms with van der Waals surface area (Å²) in [6.45, 7) is 13.5. The van der Waals surface area contributed by atoms with E-state index in [1.807, 2.05) is 0 Å². The predicted molar refractivity (Wildman–Crippen MR) is 89.5 cm³/mol. The highest BCUT2D eigenvalue weighted by atomic mass is 15.3. The van der Waals surface area contributed by atoms with Gasteiger partial charge in [-0.25, -0.2) is 0 Å². The lowest BCUT2D eigenvalue weighted by Gasteiger charge is -2.43. The maximum Gasteiger partial charge on any atom is 0.0596 e. The van der Waals surface area contributed by atoms with Crippen LogP contribution < -0.4 is 5.32 Å². The Morgan fingerprint density at radius 1 is 1.38 bits per heavy atom. The molecule has 0 amide bonds. The van der Waals surface area contributed by atoms with Gasteiger partial charge in [-0.1, -0.05) is 33.6 Å². The zero-order chi connectivity index (χ0) is 15.5. The summed E-state index contributed by atoms with van der Waals surface area (Å²) in [6, 6.07) is 2.84. The smallest absolute Gasteiger partial charge is 0.0596 e. The second-order valence-corrected chi connectivity index (χ2v) is 7.30. The molecule has 1 N–H and O–H groups in total. The third-order valence-corrected chi connectivity index (χ3v) is 5.26. The molecule has 2 unspecified atom stereocenters. The number of hydrogen-bond donors (Lipinski definition) is 1. The summed E-state index contributed by atoms with van der Waals surface area (Å²) in [5.74, 6) is 0.770. The number of nitrogens with one attached hydrogen (secondary N) is 1. The molecule has 0 spiro atoms. The molecule has 21 heavy (non-hydrogen) atoms. The van der Waals surface area contributed by atoms with Crippen molar-refractivity contribution >= 4 is 0 Å². The normalized spacial score (nSPS) is 23.2. The molecule has 1 aromatic rings. The molecule has 1 fully saturated rings. The first kappa shape index (κ1) is 16.5. The van der Waals surface area contributed by atoms with E-state index < -0.39 is 0 Å². The average Bonchev–Trinajstić information content (AvgIpc) is 2.78. The highest BCUT2D eigenvalue weighted by molar-refractivity contribution is 5.11. The Labute approximate surface area is 130 Å². The molecule has 3 nitrogen and oxygen atoms in total. The van der Waals surface area contributed by atoms with Crippen molar-refractivity contribution in [3.05, 3.63) is 17.5 Å². The van der Waals surface area contributed by atoms with Crippen molar-refractivity contribution in [3.63, 3.8) is 0 Å². The van der Waals surface area contributed by atoms with Crippen molar-refractivity contribution in [2.24, 2.45) is 11.3 Å². The molecule has 0 saturated heterocycles. The zero-order valence-electron chi connectivity index (χ0n) is 14.6. The minimum absolute atomic E-state index is 0.456. The summed E-state index contributed by atoms with van der Waals surface area (Å²) in [6.07, 6.45) is 6.63. The second kappa shape index (κ2) is 6.95. The molecule has 1 saturated carbocycles. The van der Waals surface area contributed by atoms with E-state index in [-0.39, 0.29) is 0 Å². The van der Waals surface area contributed by atoms with Crippen molar-refractivity contribution in [1.29, 1.82) is 0 Å². The predicted octanol–water partition coefficient (Wildman–Crippen LogP) is 3.95. The Hall–Kier alpha value is -0.830. The van der Waals surface area contributed by atoms with E-state index >= 15 is 0 Å². The van der Waals surface area contributed by atoms with Gasteiger partial charge in [0.25, 0.3) is 0 Å². The Kier molecular flexibility index (Phi) is 5.48. The first-order valence-corrected chi connectivity index (χ1v) is 8.74. The molecule has 2 atom stereocenters. The monoisotopic (exact) mass is 291 g/mol. The summed E-state index contributed by atoms with van der Waals surface area (Å²) in [5.41, 5.74) is 2.99. The van der Waals surface area contributed by atoms with Gasteiger partial charge in [0.05, 0.1) is 5.69 Å². The molecule has 0 aromatic carbocycles. The number of nitrogens with zero attached hydrogens (tertiary/aromatic N) is 2. The van der Waals surface area contributed by atoms with E-state index in [0.717, 1.165) is 31.1 Å². The van der Waals surface area contributed by atoms with Gasteiger partial charge >= 0.3 is 0 Å². The molecule has 1 aromatic heterocycles. The maximum atomic E-state index is 4.61. The first-order valence-electron chi connectivity index (χ1n) is 8.74. The van der Waals surface area contributed by atoms with E-state index in [4.69, 9.17) is 0 Å². The van der Waals surface area contributed by atoms with Crippen LogP contribution >= 0.6 is 0 Å². The van der Waals surface area contributed by atoms with Crippen molar-refractivity contribution in [2.45, 2.75) is 79.3 Å². The molecule has 3 heteroatoms. The molecule has 0 bridgehead atoms. The fraction of sp³-hybridized carbons (Fsp3) is 0.833. The van der Waals surface area contributed by atoms with Crippen LogP contribution in [-0.2, 0) is 13.0 Å². The molecule has 2 rings (SSSR count). The lowest BCUT2D eigenvalue weighted by molar-refractivity contribution is 0.0979. The molecule has 0 radical (unpaired) electrons. The Balaban J connectivity index is 2.18. The quantitative estimate of drug-likeness (QED) is 0.860. The van der Waals surface area contributed by atoms with Crippen LogP contribution in [0.2, 0.25) is 0 Å². The Morgan fingerprint density at radius 2 is 2.14 bits per heavy atom. The van der Waals surface area contributed by atoms with Crippen LogP contribution in [0.5, 0.6) is 0 Å². The third kappa shape index (κ3) is 3.88. The van der Waals surface area contributed by atoms with Crippen LogP contribution in [0.1, 0.15) is 64.8 Å². The van der Waals surface area contributed by atoms with Gasteiger partial charge in [0.2, 0.25) is 0 Å². The number of aromatic nitrogens is 2. The fourth-order valence-corrected chi connectivity index (χ4v) is 4.15. The van der Waals surface area contributed by atoms with Crippen LogP contribution in [-0.4, -0.2) is 22.4 Å². The van der Waals surface area contributed by atoms with Crippen LogP contribution in [0.3, 0.4) is 0 Å². The van der Waals surface area contributed by atoms with Gasteiger partial charge in [-0.05, 0) is 50.6 Å². The Morgan fingerprint density at radius 3 is 2.76 bits per heavy atom. The topological polar surface area (TPSA) is 29.9 Å². The van der Waals surface area contributed by atoms with Crippen LogP contribution in [0.25, 0.3) is 0 Å². The van der Waals surface area contributed by atoms with Gasteiger partial charge in [0.1, 0.15) is 0 Å². The summed E-state index contributed by atoms with van der Waals surface area (Å²) < 4.78 is 2.18. The van der Waals surface area contributed by atoms with Gasteiger partial charge in [-0.2, -0.15) is 5.10 Å². The standard InChI is InChI=1S/C18H33N3/c1-6-19-17(16-10-8-9-11-18(16,4)5)13-15-12-14(3)20-21(15)7-2/h12,16-17,19H,6-11,13H2,1-5H3. The molecule has 1 aliphatic rings. The van der Waals surface area contributed by atoms with E-state index in [1.165, 1.54) is 31.4 Å². The van der Waals surface area contributed by atoms with Crippen molar-refractivity contribution in [2.75, 3.05) is 6.54 Å². The minimum atomic E-state index is 0.456. The van der Waals surface area contributed by atoms with Crippen molar-refractivity contribution < 1.29 is 0 Å². The lowest BCUT2D eigenvalue weighted by atomic mass is 9.65. The molecule has 1 heterocycles. The number of likely N-dealkylation sites (N-methyl/N-ethyl adjacent to an activating group) is 1. The Bertz CT molecular complexity index is 447. The van der Waals surface area contributed by atoms with E-state index in [2.05, 4.69) is 55.8 Å². The number of rotatable bonds is 6. The summed E-state index contributed by atoms with van der Waals surface area (Å²) in [5, 5.41) is 8.39. The minimum Gasteiger partial charge on any atom is -0.314 e. The third-order valence-electron chi connectivity index (χ3n) is 5.26. The summed E-state index contributed by atoms with van der Waals surface area (Å²) >= 11 is 0. The van der Waals surface area contributed by atoms with Crippen molar-refractivity contribution in [3.8, 4) is 0 Å². The van der Waals surface area contributed by atoms with Crippen LogP contribution in [0, 0.1) is 18.3 Å². The van der Waals surface area contributed by atoms with Gasteiger partial charge in [-0.3, -0.25) is 4.68 Å². The van der Waals surface area contributed by atoms with E-state index in [1.54, 1.807) is 0 Å². The number of aryl methyl sites for hydroxylation is 2. The van der Waals surface area contributed by atoms with E-state index in [0.29, 0.717) is 11.5 Å². The van der Waals surface area contributed by atoms with E-state index in [9.17, 15) is 0 Å². The molecule has 0 aliphatic heterocycles. The fourth-order valence-electron chi connectivity index (χ4n) is 4.15. The maximum absolute atomic E-state index is 4.61. The first-order chi connectivity index (χ1) is 9.97. The van der Waals surface area contributed by atoms with Crippen molar-refractivity contribution in [1.82, 2.24) is 15.1 Å². The molecular weight excluding hydrogens is 258 g/mol. The van der Waals surface area contributed by atoms with Gasteiger partial charge < -0.3 is 5.32 Å². The zero-order valence-corrected chi connectivity index (χ0v) is 14.6. The highest BCUT2D eigenvalue weighted by Gasteiger charge is 2.37. The summed E-state index contributed by atoms with van der Waals surface area (Å²) in [7, 11) is 0. The highest BCUT2D eigenvalue weighted by Crippen LogP contribution is 2.43. The average molecular weight is 291 g/mol. The lowest BCUT2D eigenvalue weighted by Crippen LogP contribution is -2.46. The molecular formula is C18H33N3. The van der Waals surface area contributed by atoms with Gasteiger partial charge in [0, 0.05) is 24.7 Å². The second-order valence-electron chi connectivity index (χ2n) is 7.30. The van der Waals surface area contributed by atoms with Crippen LogP contribution in [0.4, 0.5) is 0 Å². The van der Waals surface area contributed by atoms with Gasteiger partial charge in [0.15, 0.2) is 0 Å². The van der Waals surface area contributed by atoms with Crippen LogP contribution in [0.15, 0.2) is 6.07 Å². The molecule has 1 aliphatic carbocycles. The largest absolute Gasteiger partial charge is 0.314 e. The number of hydrogen-bond acceptors (Lipinski definition) is 2. The van der Waals surface area contributed by atoms with Gasteiger partial charge in [-0.15, -0.1) is 0 Å².